The SMILES string of the molecule is CCn1ccnc(N2CCC(NC(=O)c3cnc(C)nc3C)CC2)c1=O. The highest BCUT2D eigenvalue weighted by Crippen LogP contribution is 2.15. The zero-order valence-corrected chi connectivity index (χ0v) is 15.4. The van der Waals surface area contributed by atoms with Gasteiger partial charge in [0.2, 0.25) is 0 Å². The lowest BCUT2D eigenvalue weighted by atomic mass is 10.0. The molecule has 8 heteroatoms. The summed E-state index contributed by atoms with van der Waals surface area (Å²) in [4.78, 5) is 39.4. The van der Waals surface area contributed by atoms with Crippen molar-refractivity contribution in [1.29, 1.82) is 0 Å². The molecule has 0 radical (unpaired) electrons. The number of anilines is 1. The maximum Gasteiger partial charge on any atom is 0.293 e. The highest BCUT2D eigenvalue weighted by atomic mass is 16.2. The number of piperidine rings is 1. The maximum absolute atomic E-state index is 12.5. The van der Waals surface area contributed by atoms with Gasteiger partial charge < -0.3 is 14.8 Å². The first-order valence-corrected chi connectivity index (χ1v) is 8.91. The fourth-order valence-electron chi connectivity index (χ4n) is 3.21. The number of carbonyl (C=O) groups is 1. The Morgan fingerprint density at radius 3 is 2.65 bits per heavy atom. The van der Waals surface area contributed by atoms with Crippen molar-refractivity contribution in [2.75, 3.05) is 18.0 Å². The zero-order valence-electron chi connectivity index (χ0n) is 15.4. The first kappa shape index (κ1) is 18.0. The van der Waals surface area contributed by atoms with Crippen LogP contribution in [-0.4, -0.2) is 44.6 Å². The summed E-state index contributed by atoms with van der Waals surface area (Å²) in [6.45, 7) is 7.54. The average molecular weight is 356 g/mol. The first-order valence-electron chi connectivity index (χ1n) is 8.91. The van der Waals surface area contributed by atoms with Gasteiger partial charge in [-0.3, -0.25) is 9.59 Å². The molecule has 1 saturated heterocycles. The molecule has 0 atom stereocenters. The number of carbonyl (C=O) groups excluding carboxylic acids is 1. The van der Waals surface area contributed by atoms with Crippen molar-refractivity contribution in [2.45, 2.75) is 46.2 Å². The fourth-order valence-corrected chi connectivity index (χ4v) is 3.21. The Labute approximate surface area is 152 Å². The van der Waals surface area contributed by atoms with Crippen molar-refractivity contribution >= 4 is 11.7 Å². The molecule has 2 aromatic heterocycles. The Kier molecular flexibility index (Phi) is 5.29. The van der Waals surface area contributed by atoms with Gasteiger partial charge >= 0.3 is 0 Å². The van der Waals surface area contributed by atoms with E-state index in [0.717, 1.165) is 12.8 Å². The van der Waals surface area contributed by atoms with Gasteiger partial charge in [0.05, 0.1) is 11.3 Å². The van der Waals surface area contributed by atoms with Gasteiger partial charge in [0.15, 0.2) is 5.82 Å². The Bertz CT molecular complexity index is 855. The summed E-state index contributed by atoms with van der Waals surface area (Å²) >= 11 is 0. The average Bonchev–Trinajstić information content (AvgIpc) is 2.62. The van der Waals surface area contributed by atoms with Gasteiger partial charge in [0, 0.05) is 44.3 Å². The molecule has 0 aliphatic carbocycles. The van der Waals surface area contributed by atoms with Gasteiger partial charge in [0.1, 0.15) is 5.82 Å². The topological polar surface area (TPSA) is 93.0 Å². The molecular weight excluding hydrogens is 332 g/mol. The molecule has 0 spiro atoms. The van der Waals surface area contributed by atoms with E-state index in [4.69, 9.17) is 0 Å². The van der Waals surface area contributed by atoms with Gasteiger partial charge in [-0.15, -0.1) is 0 Å². The normalized spacial score (nSPS) is 15.1. The van der Waals surface area contributed by atoms with E-state index < -0.39 is 0 Å². The number of hydrogen-bond donors (Lipinski definition) is 1. The van der Waals surface area contributed by atoms with Crippen molar-refractivity contribution in [3.63, 3.8) is 0 Å². The van der Waals surface area contributed by atoms with E-state index in [9.17, 15) is 9.59 Å². The third kappa shape index (κ3) is 3.74. The molecule has 26 heavy (non-hydrogen) atoms. The standard InChI is InChI=1S/C18H24N6O2/c1-4-23-10-7-19-16(18(23)26)24-8-5-14(6-9-24)22-17(25)15-11-20-13(3)21-12(15)2/h7,10-11,14H,4-6,8-9H2,1-3H3,(H,22,25). The van der Waals surface area contributed by atoms with Crippen LogP contribution in [0.2, 0.25) is 0 Å². The third-order valence-electron chi connectivity index (χ3n) is 4.71. The van der Waals surface area contributed by atoms with Crippen LogP contribution in [0.25, 0.3) is 0 Å². The van der Waals surface area contributed by atoms with E-state index in [1.54, 1.807) is 30.1 Å². The third-order valence-corrected chi connectivity index (χ3v) is 4.71. The predicted molar refractivity (Wildman–Crippen MR) is 98.4 cm³/mol. The van der Waals surface area contributed by atoms with Gasteiger partial charge in [-0.1, -0.05) is 0 Å². The van der Waals surface area contributed by atoms with E-state index in [1.165, 1.54) is 0 Å². The number of aromatic nitrogens is 4. The Morgan fingerprint density at radius 2 is 2.00 bits per heavy atom. The molecule has 0 bridgehead atoms. The number of nitrogens with zero attached hydrogens (tertiary/aromatic N) is 5. The van der Waals surface area contributed by atoms with Gasteiger partial charge in [-0.2, -0.15) is 0 Å². The maximum atomic E-state index is 12.5. The van der Waals surface area contributed by atoms with E-state index in [-0.39, 0.29) is 17.5 Å². The van der Waals surface area contributed by atoms with E-state index in [0.29, 0.717) is 42.5 Å². The fraction of sp³-hybridized carbons (Fsp3) is 0.500. The van der Waals surface area contributed by atoms with E-state index in [1.807, 2.05) is 18.7 Å². The quantitative estimate of drug-likeness (QED) is 0.881. The summed E-state index contributed by atoms with van der Waals surface area (Å²) in [7, 11) is 0. The van der Waals surface area contributed by atoms with Crippen LogP contribution in [-0.2, 0) is 6.54 Å². The number of aryl methyl sites for hydroxylation is 3. The summed E-state index contributed by atoms with van der Waals surface area (Å²) < 4.78 is 1.65. The summed E-state index contributed by atoms with van der Waals surface area (Å²) in [5, 5.41) is 3.06. The predicted octanol–water partition coefficient (Wildman–Crippen LogP) is 1.07. The number of nitrogens with one attached hydrogen (secondary N) is 1. The summed E-state index contributed by atoms with van der Waals surface area (Å²) in [6.07, 6.45) is 6.46. The van der Waals surface area contributed by atoms with Crippen molar-refractivity contribution in [3.8, 4) is 0 Å². The van der Waals surface area contributed by atoms with Crippen molar-refractivity contribution < 1.29 is 4.79 Å². The van der Waals surface area contributed by atoms with Gasteiger partial charge in [-0.05, 0) is 33.6 Å². The lowest BCUT2D eigenvalue weighted by Crippen LogP contribution is -2.46. The molecule has 0 saturated carbocycles. The molecule has 0 aromatic carbocycles. The molecule has 1 N–H and O–H groups in total. The summed E-state index contributed by atoms with van der Waals surface area (Å²) in [6, 6.07) is 0.0663. The molecule has 1 aliphatic rings. The van der Waals surface area contributed by atoms with Crippen LogP contribution >= 0.6 is 0 Å². The highest BCUT2D eigenvalue weighted by Gasteiger charge is 2.24. The van der Waals surface area contributed by atoms with Crippen molar-refractivity contribution in [1.82, 2.24) is 24.8 Å². The second kappa shape index (κ2) is 7.63. The van der Waals surface area contributed by atoms with Crippen LogP contribution in [0.1, 0.15) is 41.6 Å². The second-order valence-electron chi connectivity index (χ2n) is 6.49. The molecule has 2 aromatic rings. The molecular formula is C18H24N6O2. The number of rotatable bonds is 4. The molecule has 1 amide bonds. The largest absolute Gasteiger partial charge is 0.352 e. The first-order chi connectivity index (χ1) is 12.5. The minimum absolute atomic E-state index is 0.0649. The van der Waals surface area contributed by atoms with Crippen molar-refractivity contribution in [3.05, 3.63) is 46.0 Å². The molecule has 1 aliphatic heterocycles. The van der Waals surface area contributed by atoms with Crippen LogP contribution in [0.15, 0.2) is 23.4 Å². The molecule has 0 unspecified atom stereocenters. The summed E-state index contributed by atoms with van der Waals surface area (Å²) in [5.41, 5.74) is 1.12. The van der Waals surface area contributed by atoms with Gasteiger partial charge in [0.25, 0.3) is 11.5 Å². The van der Waals surface area contributed by atoms with Crippen molar-refractivity contribution in [2.24, 2.45) is 0 Å². The lowest BCUT2D eigenvalue weighted by Gasteiger charge is -2.32. The van der Waals surface area contributed by atoms with Gasteiger partial charge in [-0.25, -0.2) is 15.0 Å². The summed E-state index contributed by atoms with van der Waals surface area (Å²) in [5.74, 6) is 0.995. The molecule has 8 nitrogen and oxygen atoms in total. The van der Waals surface area contributed by atoms with Crippen LogP contribution in [0.5, 0.6) is 0 Å². The number of amides is 1. The molecule has 138 valence electrons. The number of hydrogen-bond acceptors (Lipinski definition) is 6. The molecule has 1 fully saturated rings. The Balaban J connectivity index is 1.62. The lowest BCUT2D eigenvalue weighted by molar-refractivity contribution is 0.0929. The van der Waals surface area contributed by atoms with E-state index in [2.05, 4.69) is 20.3 Å². The minimum Gasteiger partial charge on any atom is -0.352 e. The Morgan fingerprint density at radius 1 is 1.27 bits per heavy atom. The van der Waals surface area contributed by atoms with Crippen LogP contribution in [0.4, 0.5) is 5.82 Å². The van der Waals surface area contributed by atoms with E-state index >= 15 is 0 Å². The molecule has 3 rings (SSSR count). The zero-order chi connectivity index (χ0) is 18.7. The monoisotopic (exact) mass is 356 g/mol. The smallest absolute Gasteiger partial charge is 0.293 e. The minimum atomic E-state index is -0.146. The van der Waals surface area contributed by atoms with Crippen LogP contribution < -0.4 is 15.8 Å². The Hall–Kier alpha value is -2.77. The van der Waals surface area contributed by atoms with Crippen LogP contribution in [0.3, 0.4) is 0 Å². The highest BCUT2D eigenvalue weighted by molar-refractivity contribution is 5.95. The molecule has 3 heterocycles. The van der Waals surface area contributed by atoms with Crippen LogP contribution in [0, 0.1) is 13.8 Å². The second-order valence-corrected chi connectivity index (χ2v) is 6.49.